The summed E-state index contributed by atoms with van der Waals surface area (Å²) in [4.78, 5) is 4.19. The van der Waals surface area contributed by atoms with Crippen molar-refractivity contribution in [2.75, 3.05) is 13.1 Å². The number of hydrogen-bond acceptors (Lipinski definition) is 3. The summed E-state index contributed by atoms with van der Waals surface area (Å²) in [6.45, 7) is 2.10. The summed E-state index contributed by atoms with van der Waals surface area (Å²) in [6, 6.07) is 3.65. The third kappa shape index (κ3) is 1.78. The zero-order chi connectivity index (χ0) is 11.0. The van der Waals surface area contributed by atoms with E-state index < -0.39 is 0 Å². The van der Waals surface area contributed by atoms with Crippen LogP contribution < -0.4 is 10.1 Å². The minimum absolute atomic E-state index is 0.279. The third-order valence-corrected chi connectivity index (χ3v) is 3.90. The molecular formula is C12H15ClN2O. The van der Waals surface area contributed by atoms with Crippen LogP contribution in [0.1, 0.15) is 19.3 Å². The second kappa shape index (κ2) is 3.90. The molecule has 3 rings (SSSR count). The molecule has 2 fully saturated rings. The van der Waals surface area contributed by atoms with Gasteiger partial charge in [-0.2, -0.15) is 0 Å². The lowest BCUT2D eigenvalue weighted by molar-refractivity contribution is 0.0827. The first-order chi connectivity index (χ1) is 7.80. The van der Waals surface area contributed by atoms with E-state index in [9.17, 15) is 0 Å². The first-order valence-electron chi connectivity index (χ1n) is 5.78. The van der Waals surface area contributed by atoms with Crippen LogP contribution in [0.25, 0.3) is 0 Å². The molecule has 1 N–H and O–H groups in total. The van der Waals surface area contributed by atoms with E-state index in [1.54, 1.807) is 6.20 Å². The van der Waals surface area contributed by atoms with Gasteiger partial charge in [-0.05, 0) is 37.9 Å². The number of hydrogen-bond donors (Lipinski definition) is 1. The summed E-state index contributed by atoms with van der Waals surface area (Å²) in [5, 5.41) is 4.04. The van der Waals surface area contributed by atoms with E-state index in [0.29, 0.717) is 16.3 Å². The lowest BCUT2D eigenvalue weighted by atomic mass is 9.93. The van der Waals surface area contributed by atoms with Crippen LogP contribution in [0.4, 0.5) is 0 Å². The molecule has 1 atom stereocenters. The molecule has 1 aromatic heterocycles. The molecule has 0 bridgehead atoms. The highest BCUT2D eigenvalue weighted by Gasteiger charge is 2.52. The van der Waals surface area contributed by atoms with Crippen molar-refractivity contribution in [1.29, 1.82) is 0 Å². The van der Waals surface area contributed by atoms with E-state index in [1.165, 1.54) is 12.8 Å². The van der Waals surface area contributed by atoms with Gasteiger partial charge in [0.25, 0.3) is 0 Å². The fourth-order valence-electron chi connectivity index (χ4n) is 2.43. The van der Waals surface area contributed by atoms with E-state index in [0.717, 1.165) is 19.5 Å². The van der Waals surface area contributed by atoms with Gasteiger partial charge in [0.15, 0.2) is 0 Å². The molecule has 1 spiro atoms. The van der Waals surface area contributed by atoms with Crippen molar-refractivity contribution < 1.29 is 4.74 Å². The molecule has 1 aromatic rings. The predicted molar refractivity (Wildman–Crippen MR) is 62.8 cm³/mol. The van der Waals surface area contributed by atoms with Gasteiger partial charge in [0.05, 0.1) is 0 Å². The summed E-state index contributed by atoms with van der Waals surface area (Å²) in [6.07, 6.45) is 5.57. The maximum absolute atomic E-state index is 6.05. The standard InChI is InChI=1S/C12H15ClN2O/c13-9-2-1-6-15-11(9)16-10-3-7-14-8-12(10)4-5-12/h1-2,6,10,14H,3-5,7-8H2. The number of aromatic nitrogens is 1. The van der Waals surface area contributed by atoms with Gasteiger partial charge in [-0.15, -0.1) is 0 Å². The maximum atomic E-state index is 6.05. The highest BCUT2D eigenvalue weighted by atomic mass is 35.5. The summed E-state index contributed by atoms with van der Waals surface area (Å²) in [7, 11) is 0. The lowest BCUT2D eigenvalue weighted by Crippen LogP contribution is -2.44. The minimum atomic E-state index is 0.279. The summed E-state index contributed by atoms with van der Waals surface area (Å²) in [5.74, 6) is 0.586. The maximum Gasteiger partial charge on any atom is 0.232 e. The van der Waals surface area contributed by atoms with E-state index in [4.69, 9.17) is 16.3 Å². The third-order valence-electron chi connectivity index (χ3n) is 3.61. The number of halogens is 1. The second-order valence-electron chi connectivity index (χ2n) is 4.72. The molecule has 1 unspecified atom stereocenters. The van der Waals surface area contributed by atoms with Crippen molar-refractivity contribution in [3.8, 4) is 5.88 Å². The molecule has 1 aliphatic heterocycles. The zero-order valence-corrected chi connectivity index (χ0v) is 9.83. The van der Waals surface area contributed by atoms with E-state index in [1.807, 2.05) is 12.1 Å². The van der Waals surface area contributed by atoms with Crippen molar-refractivity contribution in [3.05, 3.63) is 23.4 Å². The van der Waals surface area contributed by atoms with Gasteiger partial charge in [-0.1, -0.05) is 11.6 Å². The first-order valence-corrected chi connectivity index (χ1v) is 6.16. The van der Waals surface area contributed by atoms with Crippen molar-refractivity contribution >= 4 is 11.6 Å². The van der Waals surface area contributed by atoms with E-state index in [-0.39, 0.29) is 6.10 Å². The van der Waals surface area contributed by atoms with Crippen LogP contribution in [0.15, 0.2) is 18.3 Å². The number of nitrogens with zero attached hydrogens (tertiary/aromatic N) is 1. The predicted octanol–water partition coefficient (Wildman–Crippen LogP) is 2.26. The Kier molecular flexibility index (Phi) is 2.52. The van der Waals surface area contributed by atoms with Crippen LogP contribution in [-0.4, -0.2) is 24.2 Å². The monoisotopic (exact) mass is 238 g/mol. The second-order valence-corrected chi connectivity index (χ2v) is 5.13. The SMILES string of the molecule is Clc1cccnc1OC1CCNCC12CC2. The molecule has 0 radical (unpaired) electrons. The van der Waals surface area contributed by atoms with Crippen LogP contribution in [0.3, 0.4) is 0 Å². The number of ether oxygens (including phenoxy) is 1. The van der Waals surface area contributed by atoms with E-state index >= 15 is 0 Å². The molecule has 1 saturated carbocycles. The molecule has 4 heteroatoms. The Morgan fingerprint density at radius 2 is 2.38 bits per heavy atom. The normalized spacial score (nSPS) is 26.7. The first kappa shape index (κ1) is 10.4. The van der Waals surface area contributed by atoms with Crippen molar-refractivity contribution in [3.63, 3.8) is 0 Å². The smallest absolute Gasteiger partial charge is 0.232 e. The highest BCUT2D eigenvalue weighted by molar-refractivity contribution is 6.31. The molecular weight excluding hydrogens is 224 g/mol. The number of nitrogens with one attached hydrogen (secondary N) is 1. The van der Waals surface area contributed by atoms with Gasteiger partial charge in [-0.3, -0.25) is 0 Å². The average molecular weight is 239 g/mol. The molecule has 0 aromatic carbocycles. The Hall–Kier alpha value is -0.800. The summed E-state index contributed by atoms with van der Waals surface area (Å²) in [5.41, 5.74) is 0.360. The van der Waals surface area contributed by atoms with Crippen molar-refractivity contribution in [2.45, 2.75) is 25.4 Å². The fraction of sp³-hybridized carbons (Fsp3) is 0.583. The Bertz CT molecular complexity index is 392. The zero-order valence-electron chi connectivity index (χ0n) is 9.08. The lowest BCUT2D eigenvalue weighted by Gasteiger charge is -2.32. The largest absolute Gasteiger partial charge is 0.473 e. The number of piperidine rings is 1. The van der Waals surface area contributed by atoms with Crippen molar-refractivity contribution in [1.82, 2.24) is 10.3 Å². The van der Waals surface area contributed by atoms with Crippen molar-refractivity contribution in [2.24, 2.45) is 5.41 Å². The molecule has 3 nitrogen and oxygen atoms in total. The average Bonchev–Trinajstić information content (AvgIpc) is 3.06. The Labute approximate surface area is 100 Å². The molecule has 16 heavy (non-hydrogen) atoms. The Morgan fingerprint density at radius 3 is 3.12 bits per heavy atom. The molecule has 2 heterocycles. The molecule has 0 amide bonds. The van der Waals surface area contributed by atoms with Crippen LogP contribution in [0.2, 0.25) is 5.02 Å². The van der Waals surface area contributed by atoms with Gasteiger partial charge < -0.3 is 10.1 Å². The number of rotatable bonds is 2. The molecule has 2 aliphatic rings. The van der Waals surface area contributed by atoms with Gasteiger partial charge in [0.2, 0.25) is 5.88 Å². The van der Waals surface area contributed by atoms with E-state index in [2.05, 4.69) is 10.3 Å². The van der Waals surface area contributed by atoms with Crippen LogP contribution in [-0.2, 0) is 0 Å². The fourth-order valence-corrected chi connectivity index (χ4v) is 2.59. The van der Waals surface area contributed by atoms with Gasteiger partial charge >= 0.3 is 0 Å². The van der Waals surface area contributed by atoms with Crippen LogP contribution >= 0.6 is 11.6 Å². The molecule has 1 aliphatic carbocycles. The molecule has 1 saturated heterocycles. The number of pyridine rings is 1. The Morgan fingerprint density at radius 1 is 1.50 bits per heavy atom. The minimum Gasteiger partial charge on any atom is -0.473 e. The topological polar surface area (TPSA) is 34.1 Å². The summed E-state index contributed by atoms with van der Waals surface area (Å²) < 4.78 is 5.98. The summed E-state index contributed by atoms with van der Waals surface area (Å²) >= 11 is 6.05. The highest BCUT2D eigenvalue weighted by Crippen LogP contribution is 2.51. The Balaban J connectivity index is 1.76. The molecule has 86 valence electrons. The van der Waals surface area contributed by atoms with Gasteiger partial charge in [-0.25, -0.2) is 4.98 Å². The van der Waals surface area contributed by atoms with Gasteiger partial charge in [0.1, 0.15) is 11.1 Å². The quantitative estimate of drug-likeness (QED) is 0.858. The van der Waals surface area contributed by atoms with Crippen LogP contribution in [0.5, 0.6) is 5.88 Å². The van der Waals surface area contributed by atoms with Gasteiger partial charge in [0, 0.05) is 18.2 Å². The van der Waals surface area contributed by atoms with Crippen LogP contribution in [0, 0.1) is 5.41 Å².